The van der Waals surface area contributed by atoms with E-state index in [1.165, 1.54) is 37.4 Å². The number of thioether (sulfide) groups is 1. The van der Waals surface area contributed by atoms with E-state index in [2.05, 4.69) is 6.92 Å². The number of carbonyl (C=O) groups is 1. The van der Waals surface area contributed by atoms with Gasteiger partial charge in [-0.25, -0.2) is 0 Å². The molecule has 0 rings (SSSR count). The van der Waals surface area contributed by atoms with Gasteiger partial charge in [0.25, 0.3) is 0 Å². The highest BCUT2D eigenvalue weighted by molar-refractivity contribution is 8.14. The lowest BCUT2D eigenvalue weighted by molar-refractivity contribution is -0.109. The van der Waals surface area contributed by atoms with E-state index in [0.717, 1.165) is 12.8 Å². The number of nitrogens with two attached hydrogens (primary N) is 1. The molecule has 0 aromatic rings. The van der Waals surface area contributed by atoms with Crippen LogP contribution < -0.4 is 5.73 Å². The van der Waals surface area contributed by atoms with Crippen LogP contribution in [0.4, 0.5) is 0 Å². The summed E-state index contributed by atoms with van der Waals surface area (Å²) in [7, 11) is 0. The Kier molecular flexibility index (Phi) is 13.5. The SMILES string of the molecule is CCCCCCC[C@@H](N)SC(C)=O.Cl. The third-order valence-electron chi connectivity index (χ3n) is 1.91. The van der Waals surface area contributed by atoms with Crippen molar-refractivity contribution in [3.05, 3.63) is 0 Å². The molecule has 0 unspecified atom stereocenters. The van der Waals surface area contributed by atoms with Crippen LogP contribution in [0.1, 0.15) is 52.4 Å². The molecule has 0 aliphatic carbocycles. The van der Waals surface area contributed by atoms with Crippen molar-refractivity contribution in [2.75, 3.05) is 0 Å². The van der Waals surface area contributed by atoms with Crippen LogP contribution in [-0.2, 0) is 4.79 Å². The number of unbranched alkanes of at least 4 members (excludes halogenated alkanes) is 4. The maximum absolute atomic E-state index is 10.7. The normalized spacial score (nSPS) is 11.9. The van der Waals surface area contributed by atoms with Crippen molar-refractivity contribution < 1.29 is 4.79 Å². The molecule has 4 heteroatoms. The van der Waals surface area contributed by atoms with E-state index in [0.29, 0.717) is 0 Å². The summed E-state index contributed by atoms with van der Waals surface area (Å²) in [4.78, 5) is 10.7. The second-order valence-corrected chi connectivity index (χ2v) is 4.77. The molecule has 86 valence electrons. The molecular weight excluding hydrogens is 218 g/mol. The van der Waals surface area contributed by atoms with Gasteiger partial charge in [-0.15, -0.1) is 12.4 Å². The first-order chi connectivity index (χ1) is 6.16. The second kappa shape index (κ2) is 11.3. The maximum Gasteiger partial charge on any atom is 0.187 e. The molecule has 0 aromatic carbocycles. The minimum absolute atomic E-state index is 0. The third kappa shape index (κ3) is 12.3. The maximum atomic E-state index is 10.7. The number of rotatable bonds is 7. The largest absolute Gasteiger partial charge is 0.319 e. The third-order valence-corrected chi connectivity index (χ3v) is 2.78. The van der Waals surface area contributed by atoms with Crippen LogP contribution in [0, 0.1) is 0 Å². The molecule has 2 nitrogen and oxygen atoms in total. The van der Waals surface area contributed by atoms with E-state index in [4.69, 9.17) is 5.73 Å². The minimum atomic E-state index is 0. The average Bonchev–Trinajstić information content (AvgIpc) is 2.02. The molecular formula is C10H22ClNOS. The summed E-state index contributed by atoms with van der Waals surface area (Å²) < 4.78 is 0. The van der Waals surface area contributed by atoms with Gasteiger partial charge in [-0.1, -0.05) is 50.8 Å². The summed E-state index contributed by atoms with van der Waals surface area (Å²) in [6, 6.07) is 0. The van der Waals surface area contributed by atoms with Gasteiger partial charge >= 0.3 is 0 Å². The quantitative estimate of drug-likeness (QED) is 0.548. The first-order valence-electron chi connectivity index (χ1n) is 5.09. The monoisotopic (exact) mass is 239 g/mol. The Balaban J connectivity index is 0. The van der Waals surface area contributed by atoms with Crippen LogP contribution in [0.15, 0.2) is 0 Å². The predicted molar refractivity (Wildman–Crippen MR) is 66.9 cm³/mol. The summed E-state index contributed by atoms with van der Waals surface area (Å²) in [5.41, 5.74) is 5.73. The van der Waals surface area contributed by atoms with Gasteiger partial charge in [-0.2, -0.15) is 0 Å². The first-order valence-corrected chi connectivity index (χ1v) is 5.97. The average molecular weight is 240 g/mol. The van der Waals surface area contributed by atoms with Crippen LogP contribution >= 0.6 is 24.2 Å². The molecule has 0 spiro atoms. The first kappa shape index (κ1) is 16.7. The van der Waals surface area contributed by atoms with Crippen LogP contribution in [0.2, 0.25) is 0 Å². The molecule has 0 aliphatic rings. The molecule has 0 radical (unpaired) electrons. The Hall–Kier alpha value is 0.270. The highest BCUT2D eigenvalue weighted by Crippen LogP contribution is 2.14. The number of hydrogen-bond acceptors (Lipinski definition) is 3. The van der Waals surface area contributed by atoms with Crippen molar-refractivity contribution in [2.24, 2.45) is 5.73 Å². The second-order valence-electron chi connectivity index (χ2n) is 3.35. The van der Waals surface area contributed by atoms with Crippen molar-refractivity contribution in [2.45, 2.75) is 57.7 Å². The van der Waals surface area contributed by atoms with Crippen molar-refractivity contribution in [1.29, 1.82) is 0 Å². The summed E-state index contributed by atoms with van der Waals surface area (Å²) in [6.45, 7) is 3.78. The van der Waals surface area contributed by atoms with Gasteiger partial charge in [0, 0.05) is 6.92 Å². The molecule has 14 heavy (non-hydrogen) atoms. The Bertz CT molecular complexity index is 144. The molecule has 0 aliphatic heterocycles. The summed E-state index contributed by atoms with van der Waals surface area (Å²) in [5, 5.41) is 0.139. The predicted octanol–water partition coefficient (Wildman–Crippen LogP) is 3.33. The zero-order valence-corrected chi connectivity index (χ0v) is 10.8. The highest BCUT2D eigenvalue weighted by Gasteiger charge is 2.05. The van der Waals surface area contributed by atoms with Crippen LogP contribution in [-0.4, -0.2) is 10.5 Å². The smallest absolute Gasteiger partial charge is 0.187 e. The molecule has 0 saturated carbocycles. The zero-order chi connectivity index (χ0) is 10.1. The van der Waals surface area contributed by atoms with Gasteiger partial charge in [-0.05, 0) is 6.42 Å². The topological polar surface area (TPSA) is 43.1 Å². The Labute approximate surface area is 97.8 Å². The summed E-state index contributed by atoms with van der Waals surface area (Å²) in [5.74, 6) is 0. The lowest BCUT2D eigenvalue weighted by Crippen LogP contribution is -2.16. The fourth-order valence-electron chi connectivity index (χ4n) is 1.22. The van der Waals surface area contributed by atoms with Gasteiger partial charge in [0.05, 0.1) is 5.37 Å². The van der Waals surface area contributed by atoms with Gasteiger partial charge < -0.3 is 5.73 Å². The van der Waals surface area contributed by atoms with Gasteiger partial charge in [0.15, 0.2) is 5.12 Å². The summed E-state index contributed by atoms with van der Waals surface area (Å²) in [6.07, 6.45) is 7.26. The van der Waals surface area contributed by atoms with E-state index >= 15 is 0 Å². The molecule has 1 atom stereocenters. The minimum Gasteiger partial charge on any atom is -0.319 e. The number of hydrogen-bond donors (Lipinski definition) is 1. The standard InChI is InChI=1S/C10H21NOS.ClH/c1-3-4-5-6-7-8-10(11)13-9(2)12;/h10H,3-8,11H2,1-2H3;1H/t10-;/m0./s1. The van der Waals surface area contributed by atoms with Crippen molar-refractivity contribution >= 4 is 29.3 Å². The lowest BCUT2D eigenvalue weighted by Gasteiger charge is -2.07. The van der Waals surface area contributed by atoms with Crippen molar-refractivity contribution in [3.8, 4) is 0 Å². The highest BCUT2D eigenvalue weighted by atomic mass is 35.5. The van der Waals surface area contributed by atoms with Crippen molar-refractivity contribution in [3.63, 3.8) is 0 Å². The summed E-state index contributed by atoms with van der Waals surface area (Å²) >= 11 is 1.26. The molecule has 0 heterocycles. The van der Waals surface area contributed by atoms with Gasteiger partial charge in [0.2, 0.25) is 0 Å². The van der Waals surface area contributed by atoms with Crippen molar-refractivity contribution in [1.82, 2.24) is 0 Å². The molecule has 0 saturated heterocycles. The number of halogens is 1. The Morgan fingerprint density at radius 1 is 1.29 bits per heavy atom. The van der Waals surface area contributed by atoms with E-state index in [9.17, 15) is 4.79 Å². The zero-order valence-electron chi connectivity index (χ0n) is 9.12. The molecule has 0 aromatic heterocycles. The van der Waals surface area contributed by atoms with E-state index in [1.807, 2.05) is 0 Å². The van der Waals surface area contributed by atoms with Crippen LogP contribution in [0.25, 0.3) is 0 Å². The Morgan fingerprint density at radius 2 is 1.86 bits per heavy atom. The molecule has 2 N–H and O–H groups in total. The van der Waals surface area contributed by atoms with Gasteiger partial charge in [-0.3, -0.25) is 4.79 Å². The fraction of sp³-hybridized carbons (Fsp3) is 0.900. The molecule has 0 bridgehead atoms. The van der Waals surface area contributed by atoms with Crippen LogP contribution in [0.3, 0.4) is 0 Å². The molecule has 0 amide bonds. The Morgan fingerprint density at radius 3 is 2.36 bits per heavy atom. The molecule has 0 fully saturated rings. The number of carbonyl (C=O) groups excluding carboxylic acids is 1. The van der Waals surface area contributed by atoms with E-state index in [-0.39, 0.29) is 22.9 Å². The van der Waals surface area contributed by atoms with E-state index in [1.54, 1.807) is 6.92 Å². The fourth-order valence-corrected chi connectivity index (χ4v) is 1.93. The van der Waals surface area contributed by atoms with Crippen LogP contribution in [0.5, 0.6) is 0 Å². The van der Waals surface area contributed by atoms with Gasteiger partial charge in [0.1, 0.15) is 0 Å². The van der Waals surface area contributed by atoms with E-state index < -0.39 is 0 Å². The lowest BCUT2D eigenvalue weighted by atomic mass is 10.1.